The number of rotatable bonds is 7. The molecule has 0 saturated heterocycles. The van der Waals surface area contributed by atoms with Crippen LogP contribution in [0.15, 0.2) is 29.8 Å². The van der Waals surface area contributed by atoms with Crippen molar-refractivity contribution in [1.82, 2.24) is 0 Å². The highest BCUT2D eigenvalue weighted by Crippen LogP contribution is 2.15. The maximum Gasteiger partial charge on any atom is 0.146 e. The van der Waals surface area contributed by atoms with E-state index in [1.807, 2.05) is 30.3 Å². The first-order valence-electron chi connectivity index (χ1n) is 6.10. The van der Waals surface area contributed by atoms with Crippen LogP contribution in [0.3, 0.4) is 0 Å². The maximum absolute atomic E-state index is 10.9. The van der Waals surface area contributed by atoms with Gasteiger partial charge in [-0.25, -0.2) is 0 Å². The van der Waals surface area contributed by atoms with Gasteiger partial charge in [0.15, 0.2) is 0 Å². The van der Waals surface area contributed by atoms with Crippen molar-refractivity contribution in [3.05, 3.63) is 35.4 Å². The fourth-order valence-electron chi connectivity index (χ4n) is 1.66. The number of carbonyl (C=O) groups is 1. The number of hydrogen-bond acceptors (Lipinski definition) is 2. The SMILES string of the molecule is CCCCC/C(C=O)=C/c1ccc(OC)cc1. The molecular formula is C15H20O2. The zero-order chi connectivity index (χ0) is 12.5. The molecule has 0 radical (unpaired) electrons. The Hall–Kier alpha value is -1.57. The molecule has 92 valence electrons. The molecule has 0 fully saturated rings. The summed E-state index contributed by atoms with van der Waals surface area (Å²) in [4.78, 5) is 10.9. The minimum atomic E-state index is 0.834. The van der Waals surface area contributed by atoms with E-state index in [9.17, 15) is 4.79 Å². The van der Waals surface area contributed by atoms with Crippen molar-refractivity contribution in [2.45, 2.75) is 32.6 Å². The zero-order valence-electron chi connectivity index (χ0n) is 10.6. The van der Waals surface area contributed by atoms with Gasteiger partial charge in [0, 0.05) is 0 Å². The van der Waals surface area contributed by atoms with Gasteiger partial charge in [0.05, 0.1) is 7.11 Å². The molecular weight excluding hydrogens is 212 g/mol. The molecule has 0 unspecified atom stereocenters. The second-order valence-corrected chi connectivity index (χ2v) is 4.07. The average molecular weight is 232 g/mol. The van der Waals surface area contributed by atoms with Crippen LogP contribution in [-0.2, 0) is 4.79 Å². The second kappa shape index (κ2) is 7.66. The first-order chi connectivity index (χ1) is 8.30. The van der Waals surface area contributed by atoms with E-state index in [1.165, 1.54) is 12.8 Å². The lowest BCUT2D eigenvalue weighted by molar-refractivity contribution is -0.105. The van der Waals surface area contributed by atoms with Crippen LogP contribution in [0.2, 0.25) is 0 Å². The summed E-state index contributed by atoms with van der Waals surface area (Å²) in [7, 11) is 1.65. The Morgan fingerprint density at radius 3 is 2.47 bits per heavy atom. The third kappa shape index (κ3) is 4.85. The minimum absolute atomic E-state index is 0.834. The van der Waals surface area contributed by atoms with E-state index >= 15 is 0 Å². The van der Waals surface area contributed by atoms with E-state index in [0.717, 1.165) is 36.0 Å². The summed E-state index contributed by atoms with van der Waals surface area (Å²) in [6, 6.07) is 7.73. The molecule has 0 amide bonds. The van der Waals surface area contributed by atoms with Crippen LogP contribution in [0.4, 0.5) is 0 Å². The molecule has 0 atom stereocenters. The molecule has 0 heterocycles. The Kier molecular flexibility index (Phi) is 6.08. The van der Waals surface area contributed by atoms with Crippen LogP contribution < -0.4 is 4.74 Å². The number of benzene rings is 1. The third-order valence-corrected chi connectivity index (χ3v) is 2.69. The number of ether oxygens (including phenoxy) is 1. The smallest absolute Gasteiger partial charge is 0.146 e. The van der Waals surface area contributed by atoms with Crippen LogP contribution in [-0.4, -0.2) is 13.4 Å². The van der Waals surface area contributed by atoms with Crippen molar-refractivity contribution in [1.29, 1.82) is 0 Å². The number of hydrogen-bond donors (Lipinski definition) is 0. The molecule has 0 aliphatic carbocycles. The topological polar surface area (TPSA) is 26.3 Å². The van der Waals surface area contributed by atoms with E-state index < -0.39 is 0 Å². The number of allylic oxidation sites excluding steroid dienone is 1. The van der Waals surface area contributed by atoms with Crippen molar-refractivity contribution in [3.63, 3.8) is 0 Å². The monoisotopic (exact) mass is 232 g/mol. The van der Waals surface area contributed by atoms with Gasteiger partial charge < -0.3 is 4.74 Å². The third-order valence-electron chi connectivity index (χ3n) is 2.69. The van der Waals surface area contributed by atoms with Gasteiger partial charge in [-0.05, 0) is 42.2 Å². The molecule has 2 nitrogen and oxygen atoms in total. The summed E-state index contributed by atoms with van der Waals surface area (Å²) in [5, 5.41) is 0. The Morgan fingerprint density at radius 1 is 1.24 bits per heavy atom. The largest absolute Gasteiger partial charge is 0.497 e. The molecule has 0 aromatic heterocycles. The van der Waals surface area contributed by atoms with Gasteiger partial charge in [-0.2, -0.15) is 0 Å². The van der Waals surface area contributed by atoms with Crippen molar-refractivity contribution in [3.8, 4) is 5.75 Å². The van der Waals surface area contributed by atoms with Crippen LogP contribution in [0.25, 0.3) is 6.08 Å². The Morgan fingerprint density at radius 2 is 1.94 bits per heavy atom. The number of methoxy groups -OCH3 is 1. The minimum Gasteiger partial charge on any atom is -0.497 e. The highest BCUT2D eigenvalue weighted by molar-refractivity contribution is 5.81. The maximum atomic E-state index is 10.9. The fourth-order valence-corrected chi connectivity index (χ4v) is 1.66. The van der Waals surface area contributed by atoms with Crippen molar-refractivity contribution >= 4 is 12.4 Å². The van der Waals surface area contributed by atoms with Gasteiger partial charge in [0.1, 0.15) is 12.0 Å². The van der Waals surface area contributed by atoms with E-state index in [2.05, 4.69) is 6.92 Å². The van der Waals surface area contributed by atoms with Gasteiger partial charge >= 0.3 is 0 Å². The van der Waals surface area contributed by atoms with E-state index in [1.54, 1.807) is 7.11 Å². The summed E-state index contributed by atoms with van der Waals surface area (Å²) < 4.78 is 5.09. The number of carbonyl (C=O) groups excluding carboxylic acids is 1. The van der Waals surface area contributed by atoms with Crippen molar-refractivity contribution < 1.29 is 9.53 Å². The lowest BCUT2D eigenvalue weighted by atomic mass is 10.1. The summed E-state index contributed by atoms with van der Waals surface area (Å²) in [5.74, 6) is 0.834. The summed E-state index contributed by atoms with van der Waals surface area (Å²) in [6.45, 7) is 2.16. The van der Waals surface area contributed by atoms with Gasteiger partial charge in [-0.3, -0.25) is 4.79 Å². The van der Waals surface area contributed by atoms with E-state index in [0.29, 0.717) is 0 Å². The fraction of sp³-hybridized carbons (Fsp3) is 0.400. The first kappa shape index (κ1) is 13.5. The van der Waals surface area contributed by atoms with Crippen LogP contribution >= 0.6 is 0 Å². The lowest BCUT2D eigenvalue weighted by Crippen LogP contribution is -1.87. The summed E-state index contributed by atoms with van der Waals surface area (Å²) in [5.41, 5.74) is 1.91. The summed E-state index contributed by atoms with van der Waals surface area (Å²) in [6.07, 6.45) is 7.20. The lowest BCUT2D eigenvalue weighted by Gasteiger charge is -2.02. The predicted octanol–water partition coefficient (Wildman–Crippen LogP) is 3.86. The van der Waals surface area contributed by atoms with Gasteiger partial charge in [0.25, 0.3) is 0 Å². The molecule has 0 spiro atoms. The Balaban J connectivity index is 2.65. The highest BCUT2D eigenvalue weighted by atomic mass is 16.5. The van der Waals surface area contributed by atoms with E-state index in [4.69, 9.17) is 4.74 Å². The average Bonchev–Trinajstić information content (AvgIpc) is 2.38. The van der Waals surface area contributed by atoms with E-state index in [-0.39, 0.29) is 0 Å². The molecule has 1 aromatic rings. The Bertz CT molecular complexity index is 363. The Labute approximate surface area is 103 Å². The molecule has 0 bridgehead atoms. The highest BCUT2D eigenvalue weighted by Gasteiger charge is 1.97. The van der Waals surface area contributed by atoms with Crippen molar-refractivity contribution in [2.75, 3.05) is 7.11 Å². The molecule has 17 heavy (non-hydrogen) atoms. The number of unbranched alkanes of at least 4 members (excludes halogenated alkanes) is 2. The van der Waals surface area contributed by atoms with Crippen LogP contribution in [0, 0.1) is 0 Å². The normalized spacial score (nSPS) is 11.3. The zero-order valence-corrected chi connectivity index (χ0v) is 10.6. The van der Waals surface area contributed by atoms with Gasteiger partial charge in [0.2, 0.25) is 0 Å². The molecule has 1 rings (SSSR count). The molecule has 0 aliphatic heterocycles. The molecule has 2 heteroatoms. The molecule has 1 aromatic carbocycles. The van der Waals surface area contributed by atoms with Crippen LogP contribution in [0.5, 0.6) is 5.75 Å². The molecule has 0 N–H and O–H groups in total. The number of aldehydes is 1. The second-order valence-electron chi connectivity index (χ2n) is 4.07. The molecule has 0 aliphatic rings. The summed E-state index contributed by atoms with van der Waals surface area (Å²) >= 11 is 0. The van der Waals surface area contributed by atoms with Crippen molar-refractivity contribution in [2.24, 2.45) is 0 Å². The standard InChI is InChI=1S/C15H20O2/c1-3-4-5-6-14(12-16)11-13-7-9-15(17-2)10-8-13/h7-12H,3-6H2,1-2H3/b14-11-. The van der Waals surface area contributed by atoms with Crippen LogP contribution in [0.1, 0.15) is 38.2 Å². The first-order valence-corrected chi connectivity index (χ1v) is 6.10. The van der Waals surface area contributed by atoms with Gasteiger partial charge in [-0.15, -0.1) is 0 Å². The molecule has 0 saturated carbocycles. The van der Waals surface area contributed by atoms with Gasteiger partial charge in [-0.1, -0.05) is 31.9 Å². The predicted molar refractivity (Wildman–Crippen MR) is 71.2 cm³/mol. The quantitative estimate of drug-likeness (QED) is 0.405.